The average molecular weight is 784 g/mol. The number of allylic oxidation sites excluding steroid dienone is 3. The fourth-order valence-electron chi connectivity index (χ4n) is 7.18. The maximum Gasteiger partial charge on any atom is 0.249 e. The Kier molecular flexibility index (Phi) is 32.5. The summed E-state index contributed by atoms with van der Waals surface area (Å²) in [7, 11) is 0. The molecule has 55 heavy (non-hydrogen) atoms. The lowest BCUT2D eigenvalue weighted by molar-refractivity contribution is -0.302. The van der Waals surface area contributed by atoms with Gasteiger partial charge in [-0.3, -0.25) is 4.79 Å². The van der Waals surface area contributed by atoms with E-state index in [1.165, 1.54) is 128 Å². The van der Waals surface area contributed by atoms with Gasteiger partial charge in [0, 0.05) is 0 Å². The topological polar surface area (TPSA) is 169 Å². The van der Waals surface area contributed by atoms with Gasteiger partial charge in [-0.05, 0) is 39.0 Å². The molecule has 324 valence electrons. The fraction of sp³-hybridized carbons (Fsp3) is 0.889. The summed E-state index contributed by atoms with van der Waals surface area (Å²) < 4.78 is 11.1. The van der Waals surface area contributed by atoms with E-state index in [4.69, 9.17) is 9.47 Å². The molecule has 0 aliphatic carbocycles. The van der Waals surface area contributed by atoms with Crippen LogP contribution >= 0.6 is 0 Å². The molecule has 1 heterocycles. The van der Waals surface area contributed by atoms with E-state index in [-0.39, 0.29) is 6.61 Å². The van der Waals surface area contributed by atoms with Crippen molar-refractivity contribution < 1.29 is 44.9 Å². The van der Waals surface area contributed by atoms with Crippen LogP contribution in [0.5, 0.6) is 0 Å². The molecule has 1 aliphatic rings. The number of hydrogen-bond acceptors (Lipinski definition) is 9. The molecular formula is C45H85NO9. The molecule has 0 unspecified atom stereocenters. The van der Waals surface area contributed by atoms with Crippen LogP contribution in [0.2, 0.25) is 0 Å². The number of aliphatic hydroxyl groups excluding tert-OH is 6. The first kappa shape index (κ1) is 51.6. The molecular weight excluding hydrogens is 698 g/mol. The van der Waals surface area contributed by atoms with Gasteiger partial charge in [-0.1, -0.05) is 179 Å². The number of aliphatic hydroxyl groups is 6. The average Bonchev–Trinajstić information content (AvgIpc) is 3.18. The Labute approximate surface area is 335 Å². The third-order valence-corrected chi connectivity index (χ3v) is 11.0. The fourth-order valence-corrected chi connectivity index (χ4v) is 7.18. The van der Waals surface area contributed by atoms with Crippen LogP contribution in [0.3, 0.4) is 0 Å². The highest BCUT2D eigenvalue weighted by Crippen LogP contribution is 2.23. The molecule has 7 N–H and O–H groups in total. The second kappa shape index (κ2) is 34.7. The van der Waals surface area contributed by atoms with E-state index < -0.39 is 61.5 Å². The zero-order valence-corrected chi connectivity index (χ0v) is 35.3. The minimum Gasteiger partial charge on any atom is -0.394 e. The maximum atomic E-state index is 13.0. The van der Waals surface area contributed by atoms with Crippen LogP contribution in [0.25, 0.3) is 0 Å². The Hall–Kier alpha value is -1.37. The van der Waals surface area contributed by atoms with Crippen molar-refractivity contribution in [3.05, 3.63) is 23.8 Å². The van der Waals surface area contributed by atoms with Gasteiger partial charge in [0.2, 0.25) is 5.91 Å². The van der Waals surface area contributed by atoms with E-state index in [0.717, 1.165) is 32.1 Å². The number of ether oxygens (including phenoxy) is 2. The summed E-state index contributed by atoms with van der Waals surface area (Å²) in [5.74, 6) is -0.625. The lowest BCUT2D eigenvalue weighted by Gasteiger charge is -2.40. The van der Waals surface area contributed by atoms with Gasteiger partial charge < -0.3 is 45.4 Å². The monoisotopic (exact) mass is 784 g/mol. The van der Waals surface area contributed by atoms with Gasteiger partial charge in [-0.2, -0.15) is 0 Å². The number of amides is 1. The largest absolute Gasteiger partial charge is 0.394 e. The number of unbranched alkanes of at least 4 members (excludes halogenated alkanes) is 22. The summed E-state index contributed by atoms with van der Waals surface area (Å²) in [4.78, 5) is 13.0. The number of hydrogen-bond donors (Lipinski definition) is 7. The van der Waals surface area contributed by atoms with Crippen molar-refractivity contribution in [2.45, 2.75) is 243 Å². The SMILES string of the molecule is CCCCCCCCCCCCCCCCCC[C@@H](O)C(=O)N[C@H](CO[C@@H]1O[C@H](CO)[C@@H](O)[C@H](O)[C@H]1O)[C@@H](O)/C=C/CC/C=C(\C)CCCCCCCCC. The molecule has 10 nitrogen and oxygen atoms in total. The summed E-state index contributed by atoms with van der Waals surface area (Å²) in [5, 5.41) is 64.7. The van der Waals surface area contributed by atoms with Gasteiger partial charge >= 0.3 is 0 Å². The zero-order chi connectivity index (χ0) is 40.5. The van der Waals surface area contributed by atoms with E-state index in [1.807, 2.05) is 6.08 Å². The summed E-state index contributed by atoms with van der Waals surface area (Å²) in [5.41, 5.74) is 1.36. The van der Waals surface area contributed by atoms with Gasteiger partial charge in [0.05, 0.1) is 25.4 Å². The Morgan fingerprint density at radius 2 is 1.18 bits per heavy atom. The van der Waals surface area contributed by atoms with E-state index in [9.17, 15) is 35.4 Å². The molecule has 0 saturated carbocycles. The Morgan fingerprint density at radius 1 is 0.691 bits per heavy atom. The highest BCUT2D eigenvalue weighted by molar-refractivity contribution is 5.80. The van der Waals surface area contributed by atoms with E-state index in [0.29, 0.717) is 19.3 Å². The summed E-state index contributed by atoms with van der Waals surface area (Å²) >= 11 is 0. The van der Waals surface area contributed by atoms with E-state index in [2.05, 4.69) is 32.2 Å². The van der Waals surface area contributed by atoms with Crippen molar-refractivity contribution in [2.24, 2.45) is 0 Å². The number of rotatable bonds is 36. The predicted molar refractivity (Wildman–Crippen MR) is 223 cm³/mol. The standard InChI is InChI=1S/C45H85NO9/c1-4-6-8-10-12-13-14-15-16-17-18-19-20-22-24-28-33-39(49)44(53)46-37(35-54-45-43(52)42(51)41(50)40(34-47)55-45)38(48)32-29-25-27-31-36(3)30-26-23-21-11-9-7-5-2/h29,31-32,37-43,45,47-52H,4-28,30,33-35H2,1-3H3,(H,46,53)/b32-29+,36-31+/t37-,38+,39-,40-,41-,42+,43-,45-/m1/s1. The molecule has 0 aromatic carbocycles. The maximum absolute atomic E-state index is 13.0. The van der Waals surface area contributed by atoms with E-state index in [1.54, 1.807) is 6.08 Å². The molecule has 0 aromatic heterocycles. The van der Waals surface area contributed by atoms with Crippen LogP contribution in [-0.2, 0) is 14.3 Å². The minimum atomic E-state index is -1.61. The molecule has 1 amide bonds. The van der Waals surface area contributed by atoms with Crippen LogP contribution in [0.15, 0.2) is 23.8 Å². The van der Waals surface area contributed by atoms with Crippen LogP contribution in [-0.4, -0.2) is 98.7 Å². The third kappa shape index (κ3) is 25.6. The van der Waals surface area contributed by atoms with Crippen LogP contribution < -0.4 is 5.32 Å². The highest BCUT2D eigenvalue weighted by atomic mass is 16.7. The summed E-state index contributed by atoms with van der Waals surface area (Å²) in [6.45, 7) is 5.73. The molecule has 1 rings (SSSR count). The van der Waals surface area contributed by atoms with Crippen LogP contribution in [0, 0.1) is 0 Å². The van der Waals surface area contributed by atoms with Crippen LogP contribution in [0.4, 0.5) is 0 Å². The van der Waals surface area contributed by atoms with Gasteiger partial charge in [-0.25, -0.2) is 0 Å². The van der Waals surface area contributed by atoms with Gasteiger partial charge in [0.15, 0.2) is 6.29 Å². The molecule has 1 fully saturated rings. The summed E-state index contributed by atoms with van der Waals surface area (Å²) in [6, 6.07) is -0.994. The quantitative estimate of drug-likeness (QED) is 0.0245. The number of carbonyl (C=O) groups is 1. The lowest BCUT2D eigenvalue weighted by Crippen LogP contribution is -2.60. The predicted octanol–water partition coefficient (Wildman–Crippen LogP) is 8.08. The summed E-state index contributed by atoms with van der Waals surface area (Å²) in [6.07, 6.45) is 27.7. The molecule has 0 aromatic rings. The molecule has 0 spiro atoms. The molecule has 8 atom stereocenters. The van der Waals surface area contributed by atoms with Gasteiger partial charge in [0.1, 0.15) is 30.5 Å². The van der Waals surface area contributed by atoms with Gasteiger partial charge in [-0.15, -0.1) is 0 Å². The van der Waals surface area contributed by atoms with Crippen molar-refractivity contribution in [1.82, 2.24) is 5.32 Å². The van der Waals surface area contributed by atoms with Crippen molar-refractivity contribution in [3.8, 4) is 0 Å². The first-order valence-corrected chi connectivity index (χ1v) is 22.6. The number of nitrogens with one attached hydrogen (secondary N) is 1. The molecule has 0 bridgehead atoms. The Balaban J connectivity index is 2.50. The first-order valence-electron chi connectivity index (χ1n) is 22.6. The van der Waals surface area contributed by atoms with Crippen molar-refractivity contribution in [2.75, 3.05) is 13.2 Å². The number of carbonyl (C=O) groups excluding carboxylic acids is 1. The van der Waals surface area contributed by atoms with Crippen molar-refractivity contribution in [1.29, 1.82) is 0 Å². The normalized spacial score (nSPS) is 22.3. The molecule has 1 saturated heterocycles. The third-order valence-electron chi connectivity index (χ3n) is 11.0. The first-order chi connectivity index (χ1) is 26.7. The Morgan fingerprint density at radius 3 is 1.69 bits per heavy atom. The molecule has 10 heteroatoms. The zero-order valence-electron chi connectivity index (χ0n) is 35.3. The second-order valence-corrected chi connectivity index (χ2v) is 16.2. The molecule has 0 radical (unpaired) electrons. The lowest BCUT2D eigenvalue weighted by atomic mass is 9.99. The van der Waals surface area contributed by atoms with E-state index >= 15 is 0 Å². The molecule has 1 aliphatic heterocycles. The second-order valence-electron chi connectivity index (χ2n) is 16.2. The van der Waals surface area contributed by atoms with Crippen molar-refractivity contribution >= 4 is 5.91 Å². The smallest absolute Gasteiger partial charge is 0.249 e. The van der Waals surface area contributed by atoms with Crippen molar-refractivity contribution in [3.63, 3.8) is 0 Å². The highest BCUT2D eigenvalue weighted by Gasteiger charge is 2.44. The van der Waals surface area contributed by atoms with Crippen LogP contribution in [0.1, 0.15) is 194 Å². The Bertz CT molecular complexity index is 961. The minimum absolute atomic E-state index is 0.307. The van der Waals surface area contributed by atoms with Gasteiger partial charge in [0.25, 0.3) is 0 Å².